The highest BCUT2D eigenvalue weighted by molar-refractivity contribution is 5.81. The van der Waals surface area contributed by atoms with Crippen LogP contribution in [0.2, 0.25) is 0 Å². The van der Waals surface area contributed by atoms with Gasteiger partial charge in [-0.2, -0.15) is 0 Å². The van der Waals surface area contributed by atoms with E-state index in [9.17, 15) is 4.79 Å². The summed E-state index contributed by atoms with van der Waals surface area (Å²) >= 11 is 0. The van der Waals surface area contributed by atoms with Crippen molar-refractivity contribution < 1.29 is 4.79 Å². The number of hydrogen-bond acceptors (Lipinski definition) is 4. The fourth-order valence-electron chi connectivity index (χ4n) is 1.33. The number of aryl methyl sites for hydroxylation is 1. The second-order valence-corrected chi connectivity index (χ2v) is 4.44. The van der Waals surface area contributed by atoms with E-state index in [2.05, 4.69) is 9.97 Å². The van der Waals surface area contributed by atoms with Crippen LogP contribution in [0.15, 0.2) is 6.07 Å². The third-order valence-corrected chi connectivity index (χ3v) is 2.36. The number of carbonyl (C=O) groups is 1. The number of rotatable bonds is 4. The van der Waals surface area contributed by atoms with Crippen LogP contribution in [0, 0.1) is 12.8 Å². The van der Waals surface area contributed by atoms with Gasteiger partial charge in [-0.3, -0.25) is 4.79 Å². The number of Topliss-reactive ketones (excluding diaryl/α,β-unsaturated/α-hetero) is 1. The number of ketones is 1. The minimum atomic E-state index is -0.130. The molecule has 0 saturated heterocycles. The quantitative estimate of drug-likeness (QED) is 0.838. The summed E-state index contributed by atoms with van der Waals surface area (Å²) in [6.07, 6.45) is 0.291. The second-order valence-electron chi connectivity index (χ2n) is 4.44. The van der Waals surface area contributed by atoms with Crippen LogP contribution < -0.4 is 5.73 Å². The lowest BCUT2D eigenvalue weighted by Gasteiger charge is -2.09. The molecule has 1 aromatic heterocycles. The molecule has 0 bridgehead atoms. The first kappa shape index (κ1) is 12.8. The third kappa shape index (κ3) is 3.38. The summed E-state index contributed by atoms with van der Waals surface area (Å²) in [4.78, 5) is 20.1. The van der Waals surface area contributed by atoms with Crippen molar-refractivity contribution in [1.29, 1.82) is 0 Å². The van der Waals surface area contributed by atoms with Crippen LogP contribution in [-0.2, 0) is 11.2 Å². The maximum Gasteiger partial charge on any atom is 0.142 e. The van der Waals surface area contributed by atoms with Crippen molar-refractivity contribution in [2.24, 2.45) is 11.7 Å². The molecule has 0 aromatic carbocycles. The van der Waals surface area contributed by atoms with Crippen molar-refractivity contribution in [3.63, 3.8) is 0 Å². The van der Waals surface area contributed by atoms with Crippen molar-refractivity contribution in [2.45, 2.75) is 40.2 Å². The van der Waals surface area contributed by atoms with Crippen molar-refractivity contribution in [3.05, 3.63) is 23.3 Å². The molecule has 1 heterocycles. The molecule has 1 aromatic rings. The normalized spacial score (nSPS) is 12.9. The molecule has 0 aliphatic carbocycles. The van der Waals surface area contributed by atoms with E-state index in [1.54, 1.807) is 0 Å². The summed E-state index contributed by atoms with van der Waals surface area (Å²) in [7, 11) is 0. The molecular weight excluding hydrogens is 202 g/mol. The maximum absolute atomic E-state index is 11.6. The van der Waals surface area contributed by atoms with E-state index in [0.29, 0.717) is 12.2 Å². The van der Waals surface area contributed by atoms with Crippen LogP contribution in [0.3, 0.4) is 0 Å². The topological polar surface area (TPSA) is 68.9 Å². The van der Waals surface area contributed by atoms with Gasteiger partial charge in [0.05, 0.1) is 12.1 Å². The zero-order valence-electron chi connectivity index (χ0n) is 10.3. The molecular formula is C12H19N3O. The standard InChI is InChI=1S/C12H19N3O/c1-7(2)11(16)6-12-14-8(3)5-10(15-12)9(4)13/h5,7,9H,6,13H2,1-4H3. The van der Waals surface area contributed by atoms with Gasteiger partial charge in [0.1, 0.15) is 11.6 Å². The minimum Gasteiger partial charge on any atom is -0.323 e. The predicted molar refractivity (Wildman–Crippen MR) is 62.9 cm³/mol. The second kappa shape index (κ2) is 5.16. The summed E-state index contributed by atoms with van der Waals surface area (Å²) in [6.45, 7) is 7.52. The van der Waals surface area contributed by atoms with Crippen LogP contribution in [0.5, 0.6) is 0 Å². The van der Waals surface area contributed by atoms with Crippen LogP contribution in [-0.4, -0.2) is 15.8 Å². The van der Waals surface area contributed by atoms with E-state index in [1.807, 2.05) is 33.8 Å². The molecule has 0 spiro atoms. The Hall–Kier alpha value is -1.29. The number of nitrogens with zero attached hydrogens (tertiary/aromatic N) is 2. The highest BCUT2D eigenvalue weighted by atomic mass is 16.1. The molecule has 1 atom stereocenters. The lowest BCUT2D eigenvalue weighted by atomic mass is 10.1. The molecule has 0 saturated carbocycles. The van der Waals surface area contributed by atoms with Gasteiger partial charge in [0.25, 0.3) is 0 Å². The van der Waals surface area contributed by atoms with E-state index >= 15 is 0 Å². The van der Waals surface area contributed by atoms with Gasteiger partial charge in [-0.15, -0.1) is 0 Å². The fourth-order valence-corrected chi connectivity index (χ4v) is 1.33. The van der Waals surface area contributed by atoms with Gasteiger partial charge in [0, 0.05) is 17.7 Å². The van der Waals surface area contributed by atoms with Gasteiger partial charge in [-0.1, -0.05) is 13.8 Å². The first-order chi connectivity index (χ1) is 7.40. The Labute approximate surface area is 96.3 Å². The van der Waals surface area contributed by atoms with Crippen LogP contribution >= 0.6 is 0 Å². The summed E-state index contributed by atoms with van der Waals surface area (Å²) in [5.41, 5.74) is 7.41. The molecule has 88 valence electrons. The van der Waals surface area contributed by atoms with Gasteiger partial charge in [-0.25, -0.2) is 9.97 Å². The first-order valence-electron chi connectivity index (χ1n) is 5.53. The Balaban J connectivity index is 2.92. The molecule has 0 radical (unpaired) electrons. The van der Waals surface area contributed by atoms with E-state index < -0.39 is 0 Å². The van der Waals surface area contributed by atoms with E-state index in [0.717, 1.165) is 11.4 Å². The summed E-state index contributed by atoms with van der Waals surface area (Å²) in [5.74, 6) is 0.745. The largest absolute Gasteiger partial charge is 0.323 e. The van der Waals surface area contributed by atoms with Gasteiger partial charge < -0.3 is 5.73 Å². The molecule has 0 fully saturated rings. The molecule has 0 aliphatic heterocycles. The van der Waals surface area contributed by atoms with E-state index in [4.69, 9.17) is 5.73 Å². The monoisotopic (exact) mass is 221 g/mol. The smallest absolute Gasteiger partial charge is 0.142 e. The van der Waals surface area contributed by atoms with E-state index in [1.165, 1.54) is 0 Å². The van der Waals surface area contributed by atoms with Crippen LogP contribution in [0.4, 0.5) is 0 Å². The summed E-state index contributed by atoms with van der Waals surface area (Å²) in [6, 6.07) is 1.73. The first-order valence-corrected chi connectivity index (χ1v) is 5.53. The van der Waals surface area contributed by atoms with Gasteiger partial charge in [0.15, 0.2) is 0 Å². The summed E-state index contributed by atoms with van der Waals surface area (Å²) in [5, 5.41) is 0. The molecule has 0 aliphatic rings. The van der Waals surface area contributed by atoms with Crippen molar-refractivity contribution >= 4 is 5.78 Å². The number of nitrogens with two attached hydrogens (primary N) is 1. The molecule has 1 unspecified atom stereocenters. The van der Waals surface area contributed by atoms with Crippen molar-refractivity contribution in [3.8, 4) is 0 Å². The zero-order chi connectivity index (χ0) is 12.3. The Morgan fingerprint density at radius 2 is 2.00 bits per heavy atom. The average Bonchev–Trinajstić information content (AvgIpc) is 2.16. The minimum absolute atomic E-state index is 0.0165. The molecule has 2 N–H and O–H groups in total. The number of aromatic nitrogens is 2. The Morgan fingerprint density at radius 3 is 2.50 bits per heavy atom. The van der Waals surface area contributed by atoms with Crippen LogP contribution in [0.25, 0.3) is 0 Å². The van der Waals surface area contributed by atoms with Gasteiger partial charge in [0.2, 0.25) is 0 Å². The molecule has 1 rings (SSSR count). The maximum atomic E-state index is 11.6. The Kier molecular flexibility index (Phi) is 4.12. The lowest BCUT2D eigenvalue weighted by molar-refractivity contribution is -0.121. The van der Waals surface area contributed by atoms with Gasteiger partial charge >= 0.3 is 0 Å². The van der Waals surface area contributed by atoms with Crippen LogP contribution in [0.1, 0.15) is 44.0 Å². The fraction of sp³-hybridized carbons (Fsp3) is 0.583. The highest BCUT2D eigenvalue weighted by Crippen LogP contribution is 2.09. The van der Waals surface area contributed by atoms with E-state index in [-0.39, 0.29) is 17.7 Å². The number of hydrogen-bond donors (Lipinski definition) is 1. The Morgan fingerprint density at radius 1 is 1.38 bits per heavy atom. The predicted octanol–water partition coefficient (Wildman–Crippen LogP) is 1.57. The van der Waals surface area contributed by atoms with Gasteiger partial charge in [-0.05, 0) is 19.9 Å². The van der Waals surface area contributed by atoms with Crippen molar-refractivity contribution in [1.82, 2.24) is 9.97 Å². The summed E-state index contributed by atoms with van der Waals surface area (Å²) < 4.78 is 0. The molecule has 4 heteroatoms. The highest BCUT2D eigenvalue weighted by Gasteiger charge is 2.12. The zero-order valence-corrected chi connectivity index (χ0v) is 10.3. The third-order valence-electron chi connectivity index (χ3n) is 2.36. The number of carbonyl (C=O) groups excluding carboxylic acids is 1. The Bertz CT molecular complexity index is 386. The molecule has 4 nitrogen and oxygen atoms in total. The molecule has 0 amide bonds. The van der Waals surface area contributed by atoms with Crippen molar-refractivity contribution in [2.75, 3.05) is 0 Å². The lowest BCUT2D eigenvalue weighted by Crippen LogP contribution is -2.16. The molecule has 16 heavy (non-hydrogen) atoms. The average molecular weight is 221 g/mol. The SMILES string of the molecule is Cc1cc(C(C)N)nc(CC(=O)C(C)C)n1.